The van der Waals surface area contributed by atoms with E-state index in [4.69, 9.17) is 27.2 Å². The van der Waals surface area contributed by atoms with Crippen LogP contribution in [-0.2, 0) is 7.05 Å². The molecule has 0 radical (unpaired) electrons. The van der Waals surface area contributed by atoms with Crippen LogP contribution >= 0.6 is 11.6 Å². The third-order valence-electron chi connectivity index (χ3n) is 3.11. The predicted molar refractivity (Wildman–Crippen MR) is 85.7 cm³/mol. The molecule has 3 rings (SSSR count). The Morgan fingerprint density at radius 2 is 2.23 bits per heavy atom. The number of rotatable bonds is 4. The summed E-state index contributed by atoms with van der Waals surface area (Å²) in [5.41, 5.74) is 7.28. The molecule has 2 aromatic heterocycles. The van der Waals surface area contributed by atoms with Gasteiger partial charge >= 0.3 is 0 Å². The van der Waals surface area contributed by atoms with Gasteiger partial charge in [0.15, 0.2) is 5.76 Å². The number of aryl methyl sites for hydroxylation is 1. The summed E-state index contributed by atoms with van der Waals surface area (Å²) < 4.78 is 6.85. The maximum absolute atomic E-state index is 7.38. The second-order valence-electron chi connectivity index (χ2n) is 4.56. The Balaban J connectivity index is 1.96. The van der Waals surface area contributed by atoms with E-state index >= 15 is 0 Å². The molecule has 0 aliphatic heterocycles. The molecule has 0 saturated heterocycles. The first-order valence-electron chi connectivity index (χ1n) is 6.40. The lowest BCUT2D eigenvalue weighted by molar-refractivity contribution is 0.576. The fourth-order valence-corrected chi connectivity index (χ4v) is 2.25. The molecule has 7 nitrogen and oxygen atoms in total. The van der Waals surface area contributed by atoms with E-state index in [1.807, 2.05) is 0 Å². The van der Waals surface area contributed by atoms with Gasteiger partial charge in [0, 0.05) is 24.5 Å². The maximum atomic E-state index is 7.38. The first-order chi connectivity index (χ1) is 10.6. The molecule has 0 spiro atoms. The van der Waals surface area contributed by atoms with Crippen molar-refractivity contribution in [1.29, 1.82) is 5.41 Å². The Kier molecular flexibility index (Phi) is 3.56. The van der Waals surface area contributed by atoms with Gasteiger partial charge in [0.25, 0.3) is 0 Å². The van der Waals surface area contributed by atoms with Gasteiger partial charge in [0.1, 0.15) is 0 Å². The van der Waals surface area contributed by atoms with Crippen molar-refractivity contribution in [2.45, 2.75) is 0 Å². The van der Waals surface area contributed by atoms with Crippen LogP contribution in [0.5, 0.6) is 0 Å². The van der Waals surface area contributed by atoms with Crippen molar-refractivity contribution in [3.63, 3.8) is 0 Å². The van der Waals surface area contributed by atoms with Crippen LogP contribution in [0, 0.1) is 5.41 Å². The van der Waals surface area contributed by atoms with E-state index < -0.39 is 0 Å². The van der Waals surface area contributed by atoms with Gasteiger partial charge in [0.2, 0.25) is 11.8 Å². The molecular formula is C14H13ClN6O. The Bertz CT molecular complexity index is 824. The van der Waals surface area contributed by atoms with Crippen molar-refractivity contribution in [1.82, 2.24) is 14.8 Å². The van der Waals surface area contributed by atoms with E-state index in [0.717, 1.165) is 6.21 Å². The van der Waals surface area contributed by atoms with E-state index in [-0.39, 0.29) is 0 Å². The van der Waals surface area contributed by atoms with Crippen LogP contribution in [0.25, 0.3) is 11.6 Å². The van der Waals surface area contributed by atoms with Crippen LogP contribution < -0.4 is 11.1 Å². The van der Waals surface area contributed by atoms with Crippen molar-refractivity contribution in [2.75, 3.05) is 11.1 Å². The SMILES string of the molecule is Cn1nc(-c2ccco2)nc1Nc1ccc(N)c(C=N)c1Cl. The summed E-state index contributed by atoms with van der Waals surface area (Å²) in [6.45, 7) is 0. The van der Waals surface area contributed by atoms with Crippen molar-refractivity contribution in [3.8, 4) is 11.6 Å². The zero-order valence-electron chi connectivity index (χ0n) is 11.7. The standard InChI is InChI=1S/C14H13ClN6O/c1-21-14(19-13(20-21)11-3-2-6-22-11)18-10-5-4-9(17)8(7-16)12(10)15/h2-7,16H,17H2,1H3,(H,18,19,20). The molecule has 0 aliphatic carbocycles. The first-order valence-corrected chi connectivity index (χ1v) is 6.78. The van der Waals surface area contributed by atoms with Crippen LogP contribution in [-0.4, -0.2) is 21.0 Å². The van der Waals surface area contributed by atoms with Crippen molar-refractivity contribution < 1.29 is 4.42 Å². The molecule has 3 aromatic rings. The normalized spacial score (nSPS) is 10.6. The molecule has 0 amide bonds. The lowest BCUT2D eigenvalue weighted by atomic mass is 10.1. The molecule has 2 heterocycles. The second-order valence-corrected chi connectivity index (χ2v) is 4.94. The van der Waals surface area contributed by atoms with Crippen LogP contribution in [0.4, 0.5) is 17.3 Å². The van der Waals surface area contributed by atoms with Gasteiger partial charge in [-0.2, -0.15) is 4.98 Å². The Labute approximate surface area is 131 Å². The van der Waals surface area contributed by atoms with Crippen LogP contribution in [0.3, 0.4) is 0 Å². The van der Waals surface area contributed by atoms with E-state index in [0.29, 0.717) is 39.5 Å². The van der Waals surface area contributed by atoms with E-state index in [1.165, 1.54) is 0 Å². The van der Waals surface area contributed by atoms with Gasteiger partial charge < -0.3 is 20.9 Å². The number of nitrogen functional groups attached to an aromatic ring is 1. The molecule has 0 atom stereocenters. The summed E-state index contributed by atoms with van der Waals surface area (Å²) in [6.07, 6.45) is 2.68. The zero-order chi connectivity index (χ0) is 15.7. The number of benzene rings is 1. The highest BCUT2D eigenvalue weighted by molar-refractivity contribution is 6.36. The van der Waals surface area contributed by atoms with Gasteiger partial charge in [-0.25, -0.2) is 4.68 Å². The van der Waals surface area contributed by atoms with Gasteiger partial charge in [-0.05, 0) is 24.3 Å². The average molecular weight is 317 g/mol. The minimum absolute atomic E-state index is 0.359. The van der Waals surface area contributed by atoms with Crippen molar-refractivity contribution in [3.05, 3.63) is 41.1 Å². The lowest BCUT2D eigenvalue weighted by Crippen LogP contribution is -2.03. The minimum Gasteiger partial charge on any atom is -0.461 e. The Morgan fingerprint density at radius 1 is 1.41 bits per heavy atom. The van der Waals surface area contributed by atoms with Gasteiger partial charge in [0.05, 0.1) is 17.0 Å². The highest BCUT2D eigenvalue weighted by Gasteiger charge is 2.14. The number of nitrogens with two attached hydrogens (primary N) is 1. The molecule has 0 unspecified atom stereocenters. The number of hydrogen-bond donors (Lipinski definition) is 3. The summed E-state index contributed by atoms with van der Waals surface area (Å²) in [5.74, 6) is 1.54. The molecule has 0 aliphatic rings. The third kappa shape index (κ3) is 2.42. The van der Waals surface area contributed by atoms with Gasteiger partial charge in [-0.1, -0.05) is 11.6 Å². The van der Waals surface area contributed by atoms with Gasteiger partial charge in [-0.15, -0.1) is 5.10 Å². The van der Waals surface area contributed by atoms with Crippen LogP contribution in [0.2, 0.25) is 5.02 Å². The van der Waals surface area contributed by atoms with Crippen LogP contribution in [0.1, 0.15) is 5.56 Å². The number of anilines is 3. The van der Waals surface area contributed by atoms with E-state index in [2.05, 4.69) is 15.4 Å². The molecule has 1 aromatic carbocycles. The molecule has 8 heteroatoms. The van der Waals surface area contributed by atoms with Crippen molar-refractivity contribution >= 4 is 35.1 Å². The number of hydrogen-bond acceptors (Lipinski definition) is 6. The molecule has 0 fully saturated rings. The monoisotopic (exact) mass is 316 g/mol. The second kappa shape index (κ2) is 5.53. The number of nitrogens with zero attached hydrogens (tertiary/aromatic N) is 3. The molecule has 0 bridgehead atoms. The summed E-state index contributed by atoms with van der Waals surface area (Å²) in [6, 6.07) is 6.96. The quantitative estimate of drug-likeness (QED) is 0.506. The highest BCUT2D eigenvalue weighted by atomic mass is 35.5. The average Bonchev–Trinajstić information content (AvgIpc) is 3.13. The number of nitrogens with one attached hydrogen (secondary N) is 2. The van der Waals surface area contributed by atoms with E-state index in [9.17, 15) is 0 Å². The molecule has 0 saturated carbocycles. The number of halogens is 1. The number of furan rings is 1. The first kappa shape index (κ1) is 14.2. The summed E-state index contributed by atoms with van der Waals surface area (Å²) >= 11 is 6.25. The molecule has 22 heavy (non-hydrogen) atoms. The number of aromatic nitrogens is 3. The smallest absolute Gasteiger partial charge is 0.226 e. The maximum Gasteiger partial charge on any atom is 0.226 e. The molecule has 4 N–H and O–H groups in total. The van der Waals surface area contributed by atoms with Crippen LogP contribution in [0.15, 0.2) is 34.9 Å². The summed E-state index contributed by atoms with van der Waals surface area (Å²) in [4.78, 5) is 4.37. The minimum atomic E-state index is 0.359. The lowest BCUT2D eigenvalue weighted by Gasteiger charge is -2.10. The Morgan fingerprint density at radius 3 is 2.91 bits per heavy atom. The third-order valence-corrected chi connectivity index (χ3v) is 3.52. The molecular weight excluding hydrogens is 304 g/mol. The molecule has 112 valence electrons. The van der Waals surface area contributed by atoms with Crippen molar-refractivity contribution in [2.24, 2.45) is 7.05 Å². The topological polar surface area (TPSA) is 106 Å². The van der Waals surface area contributed by atoms with Gasteiger partial charge in [-0.3, -0.25) is 0 Å². The predicted octanol–water partition coefficient (Wildman–Crippen LogP) is 3.05. The Hall–Kier alpha value is -2.80. The highest BCUT2D eigenvalue weighted by Crippen LogP contribution is 2.31. The summed E-state index contributed by atoms with van der Waals surface area (Å²) in [5, 5.41) is 15.1. The fraction of sp³-hybridized carbons (Fsp3) is 0.0714. The largest absolute Gasteiger partial charge is 0.461 e. The fourth-order valence-electron chi connectivity index (χ4n) is 1.98. The zero-order valence-corrected chi connectivity index (χ0v) is 12.4. The van der Waals surface area contributed by atoms with E-state index in [1.54, 1.807) is 42.3 Å². The summed E-state index contributed by atoms with van der Waals surface area (Å²) in [7, 11) is 1.75.